The molecule has 3 rings (SSSR count). The molecule has 1 aliphatic heterocycles. The zero-order valence-electron chi connectivity index (χ0n) is 23.8. The van der Waals surface area contributed by atoms with Gasteiger partial charge >= 0.3 is 0 Å². The highest BCUT2D eigenvalue weighted by atomic mass is 32.1. The number of hydrogen-bond acceptors (Lipinski definition) is 5. The van der Waals surface area contributed by atoms with Crippen molar-refractivity contribution in [3.63, 3.8) is 0 Å². The third-order valence-corrected chi connectivity index (χ3v) is 8.19. The van der Waals surface area contributed by atoms with Gasteiger partial charge in [-0.05, 0) is 69.1 Å². The molecule has 1 aromatic carbocycles. The molecule has 218 valence electrons. The van der Waals surface area contributed by atoms with Gasteiger partial charge in [-0.1, -0.05) is 45.1 Å². The summed E-state index contributed by atoms with van der Waals surface area (Å²) in [5, 5.41) is 9.28. The number of benzene rings is 1. The van der Waals surface area contributed by atoms with Gasteiger partial charge in [0.15, 0.2) is 0 Å². The van der Waals surface area contributed by atoms with Crippen molar-refractivity contribution in [3.8, 4) is 0 Å². The lowest BCUT2D eigenvalue weighted by atomic mass is 9.76. The fraction of sp³-hybridized carbons (Fsp3) is 0.548. The smallest absolute Gasteiger partial charge is 0.247 e. The molecule has 0 aromatic heterocycles. The Morgan fingerprint density at radius 1 is 1.18 bits per heavy atom. The maximum absolute atomic E-state index is 12.9. The average molecular weight is 559 g/mol. The molecule has 1 aliphatic carbocycles. The van der Waals surface area contributed by atoms with Gasteiger partial charge in [-0.3, -0.25) is 14.4 Å². The second-order valence-corrected chi connectivity index (χ2v) is 11.4. The fourth-order valence-electron chi connectivity index (χ4n) is 5.24. The molecule has 1 spiro atoms. The Bertz CT molecular complexity index is 1150. The molecule has 1 saturated carbocycles. The lowest BCUT2D eigenvalue weighted by Gasteiger charge is -2.45. The molecule has 2 aliphatic rings. The van der Waals surface area contributed by atoms with Gasteiger partial charge in [-0.25, -0.2) is 0 Å². The maximum Gasteiger partial charge on any atom is 0.247 e. The van der Waals surface area contributed by atoms with Crippen LogP contribution in [0, 0.1) is 12.8 Å². The summed E-state index contributed by atoms with van der Waals surface area (Å²) in [6.45, 7) is 12.3. The first-order chi connectivity index (χ1) is 18.6. The first kappa shape index (κ1) is 30.6. The van der Waals surface area contributed by atoms with E-state index in [0.29, 0.717) is 17.9 Å². The van der Waals surface area contributed by atoms with Crippen LogP contribution < -0.4 is 16.0 Å². The number of nitrogens with zero attached hydrogens (tertiary/aromatic N) is 1. The van der Waals surface area contributed by atoms with E-state index in [4.69, 9.17) is 0 Å². The van der Waals surface area contributed by atoms with Crippen LogP contribution in [0.25, 0.3) is 0 Å². The van der Waals surface area contributed by atoms with Crippen molar-refractivity contribution in [2.24, 2.45) is 5.92 Å². The van der Waals surface area contributed by atoms with Crippen LogP contribution in [0.3, 0.4) is 0 Å². The third kappa shape index (κ3) is 7.80. The zero-order chi connectivity index (χ0) is 28.6. The van der Waals surface area contributed by atoms with Gasteiger partial charge in [0.2, 0.25) is 17.7 Å². The van der Waals surface area contributed by atoms with Crippen LogP contribution >= 0.6 is 12.6 Å². The van der Waals surface area contributed by atoms with Crippen molar-refractivity contribution in [1.29, 1.82) is 0 Å². The lowest BCUT2D eigenvalue weighted by molar-refractivity contribution is -0.131. The van der Waals surface area contributed by atoms with E-state index < -0.39 is 6.04 Å². The highest BCUT2D eigenvalue weighted by molar-refractivity contribution is 7.79. The molecule has 1 aromatic rings. The second kappa shape index (κ2) is 13.9. The van der Waals surface area contributed by atoms with Crippen molar-refractivity contribution in [3.05, 3.63) is 59.5 Å². The van der Waals surface area contributed by atoms with Crippen molar-refractivity contribution < 1.29 is 18.7 Å². The second-order valence-electron chi connectivity index (χ2n) is 11.1. The summed E-state index contributed by atoms with van der Waals surface area (Å²) in [4.78, 5) is 39.9. The number of rotatable bonds is 14. The molecule has 0 unspecified atom stereocenters. The van der Waals surface area contributed by atoms with E-state index in [-0.39, 0.29) is 39.5 Å². The molecular weight excluding hydrogens is 508 g/mol. The van der Waals surface area contributed by atoms with Crippen LogP contribution in [0.2, 0.25) is 0 Å². The van der Waals surface area contributed by atoms with E-state index in [1.165, 1.54) is 6.42 Å². The molecule has 3 N–H and O–H groups in total. The minimum absolute atomic E-state index is 0. The molecule has 0 saturated heterocycles. The molecule has 3 amide bonds. The predicted molar refractivity (Wildman–Crippen MR) is 167 cm³/mol. The minimum Gasteiger partial charge on any atom is -0.369 e. The number of hydrogen-bond donors (Lipinski definition) is 4. The molecule has 1 heterocycles. The van der Waals surface area contributed by atoms with E-state index in [9.17, 15) is 14.4 Å². The van der Waals surface area contributed by atoms with Crippen LogP contribution in [-0.4, -0.2) is 46.8 Å². The maximum atomic E-state index is 12.9. The first-order valence-electron chi connectivity index (χ1n) is 14.1. The van der Waals surface area contributed by atoms with Gasteiger partial charge in [-0.15, -0.1) is 5.73 Å². The summed E-state index contributed by atoms with van der Waals surface area (Å²) in [7, 11) is 0. The highest BCUT2D eigenvalue weighted by Gasteiger charge is 2.45. The van der Waals surface area contributed by atoms with E-state index in [1.807, 2.05) is 43.9 Å². The minimum atomic E-state index is -0.557. The van der Waals surface area contributed by atoms with E-state index in [1.54, 1.807) is 13.0 Å². The SMILES string of the molecule is C=C=C(N[C@@H](C)C(=O)Nc1ccc(CS)cc1C)[C@@H](NC(=O)CCCCCN1C(=O)C=CC12CCC2)C(C)C.[HH].[HH].[HH]. The Kier molecular flexibility index (Phi) is 10.9. The van der Waals surface area contributed by atoms with E-state index >= 15 is 0 Å². The number of anilines is 1. The Hall–Kier alpha value is -2.96. The topological polar surface area (TPSA) is 90.5 Å². The van der Waals surface area contributed by atoms with Crippen LogP contribution in [0.5, 0.6) is 0 Å². The van der Waals surface area contributed by atoms with Crippen LogP contribution in [0.1, 0.15) is 81.1 Å². The first-order valence-corrected chi connectivity index (χ1v) is 14.7. The molecule has 1 fully saturated rings. The summed E-state index contributed by atoms with van der Waals surface area (Å²) in [5.41, 5.74) is 6.29. The van der Waals surface area contributed by atoms with Crippen molar-refractivity contribution in [2.45, 2.75) is 96.0 Å². The van der Waals surface area contributed by atoms with Gasteiger partial charge in [0.1, 0.15) is 6.04 Å². The van der Waals surface area contributed by atoms with Gasteiger partial charge in [-0.2, -0.15) is 12.6 Å². The molecule has 0 bridgehead atoms. The normalized spacial score (nSPS) is 17.0. The molecule has 2 atom stereocenters. The molecule has 8 heteroatoms. The summed E-state index contributed by atoms with van der Waals surface area (Å²) in [6, 6.07) is 4.94. The molecule has 7 nitrogen and oxygen atoms in total. The Labute approximate surface area is 243 Å². The van der Waals surface area contributed by atoms with Crippen LogP contribution in [-0.2, 0) is 20.1 Å². The number of unbranched alkanes of at least 4 members (excludes halogenated alkanes) is 2. The number of thiol groups is 1. The number of carbonyl (C=O) groups is 3. The summed E-state index contributed by atoms with van der Waals surface area (Å²) in [5.74, 6) is 0.599. The summed E-state index contributed by atoms with van der Waals surface area (Å²) >= 11 is 4.30. The molecule has 0 radical (unpaired) electrons. The van der Waals surface area contributed by atoms with Crippen LogP contribution in [0.4, 0.5) is 5.69 Å². The monoisotopic (exact) mass is 558 g/mol. The predicted octanol–water partition coefficient (Wildman–Crippen LogP) is 5.77. The van der Waals surface area contributed by atoms with Crippen molar-refractivity contribution >= 4 is 36.0 Å². The number of aryl methyl sites for hydroxylation is 1. The Morgan fingerprint density at radius 2 is 1.92 bits per heavy atom. The van der Waals surface area contributed by atoms with Gasteiger partial charge in [0, 0.05) is 34.8 Å². The standard InChI is InChI=1S/C31H44N4O3S.3H2/c1-6-25(32-23(5)30(38)33-26-13-12-24(20-39)19-22(26)4)29(21(2)3)34-27(36)11-8-7-9-18-35-28(37)14-17-31(35)15-10-16-31;;;/h12-14,17,19,21,23,29,32,39H,1,7-11,15-16,18,20H2,2-5H3,(H,33,38)(H,34,36);3*1H/t23-,29-;;;/m0.../s1. The van der Waals surface area contributed by atoms with Crippen LogP contribution in [0.15, 0.2) is 48.4 Å². The Morgan fingerprint density at radius 3 is 2.51 bits per heavy atom. The number of amides is 3. The number of carbonyl (C=O) groups excluding carboxylic acids is 3. The van der Waals surface area contributed by atoms with Gasteiger partial charge < -0.3 is 20.9 Å². The van der Waals surface area contributed by atoms with E-state index in [2.05, 4.69) is 47.0 Å². The quantitative estimate of drug-likeness (QED) is 0.133. The molecular formula is C31H50N4O3S. The Balaban J connectivity index is 0.00000560. The fourth-order valence-corrected chi connectivity index (χ4v) is 5.44. The van der Waals surface area contributed by atoms with Crippen molar-refractivity contribution in [2.75, 3.05) is 11.9 Å². The molecule has 39 heavy (non-hydrogen) atoms. The summed E-state index contributed by atoms with van der Waals surface area (Å²) in [6.07, 6.45) is 10.0. The van der Waals surface area contributed by atoms with Gasteiger partial charge in [0.05, 0.1) is 17.3 Å². The van der Waals surface area contributed by atoms with Crippen molar-refractivity contribution in [1.82, 2.24) is 15.5 Å². The summed E-state index contributed by atoms with van der Waals surface area (Å²) < 4.78 is 0. The average Bonchev–Trinajstić information content (AvgIpc) is 3.23. The number of nitrogens with one attached hydrogen (secondary N) is 3. The third-order valence-electron chi connectivity index (χ3n) is 7.83. The van der Waals surface area contributed by atoms with Gasteiger partial charge in [0.25, 0.3) is 0 Å². The lowest BCUT2D eigenvalue weighted by Crippen LogP contribution is -2.51. The largest absolute Gasteiger partial charge is 0.369 e. The highest BCUT2D eigenvalue weighted by Crippen LogP contribution is 2.42. The van der Waals surface area contributed by atoms with E-state index in [0.717, 1.165) is 55.5 Å². The zero-order valence-corrected chi connectivity index (χ0v) is 24.7.